The number of fused-ring (bicyclic) bond motifs is 1. The number of hydrogen-bond acceptors (Lipinski definition) is 7. The van der Waals surface area contributed by atoms with Gasteiger partial charge in [0.25, 0.3) is 11.1 Å². The molecule has 0 bridgehead atoms. The van der Waals surface area contributed by atoms with Crippen molar-refractivity contribution in [2.75, 3.05) is 36.6 Å². The lowest BCUT2D eigenvalue weighted by Crippen LogP contribution is -2.49. The van der Waals surface area contributed by atoms with Crippen LogP contribution in [0.2, 0.25) is 0 Å². The highest BCUT2D eigenvalue weighted by Gasteiger charge is 2.35. The Morgan fingerprint density at radius 3 is 2.31 bits per heavy atom. The minimum absolute atomic E-state index is 0.0199. The van der Waals surface area contributed by atoms with Gasteiger partial charge in [-0.3, -0.25) is 14.6 Å². The fraction of sp³-hybridized carbons (Fsp3) is 0.308. The van der Waals surface area contributed by atoms with E-state index in [4.69, 9.17) is 4.74 Å². The number of aromatic nitrogens is 4. The van der Waals surface area contributed by atoms with E-state index < -0.39 is 47.1 Å². The second-order valence-electron chi connectivity index (χ2n) is 9.35. The van der Waals surface area contributed by atoms with Crippen LogP contribution in [0.4, 0.5) is 36.6 Å². The van der Waals surface area contributed by atoms with Crippen LogP contribution in [-0.2, 0) is 30.7 Å². The molecule has 0 saturated carbocycles. The number of morpholine rings is 1. The van der Waals surface area contributed by atoms with Gasteiger partial charge in [0.1, 0.15) is 11.5 Å². The van der Waals surface area contributed by atoms with Crippen LogP contribution < -0.4 is 21.4 Å². The minimum atomic E-state index is -4.93. The normalized spacial score (nSPS) is 14.4. The minimum Gasteiger partial charge on any atom is -0.378 e. The zero-order valence-corrected chi connectivity index (χ0v) is 21.7. The Morgan fingerprint density at radius 1 is 0.976 bits per heavy atom. The van der Waals surface area contributed by atoms with Crippen LogP contribution in [0.15, 0.2) is 52.3 Å². The van der Waals surface area contributed by atoms with Gasteiger partial charge in [-0.1, -0.05) is 18.2 Å². The molecule has 1 saturated heterocycles. The topological polar surface area (TPSA) is 94.3 Å². The van der Waals surface area contributed by atoms with E-state index in [2.05, 4.69) is 15.4 Å². The Morgan fingerprint density at radius 2 is 1.69 bits per heavy atom. The van der Waals surface area contributed by atoms with Crippen molar-refractivity contribution in [3.63, 3.8) is 0 Å². The second kappa shape index (κ2) is 10.7. The van der Waals surface area contributed by atoms with E-state index in [-0.39, 0.29) is 59.6 Å². The fourth-order valence-electron chi connectivity index (χ4n) is 4.62. The summed E-state index contributed by atoms with van der Waals surface area (Å²) >= 11 is 0. The maximum absolute atomic E-state index is 14.7. The van der Waals surface area contributed by atoms with Crippen LogP contribution in [0.3, 0.4) is 0 Å². The van der Waals surface area contributed by atoms with Crippen LogP contribution >= 0.6 is 0 Å². The molecular weight excluding hydrogens is 577 g/mol. The molecule has 9 nitrogen and oxygen atoms in total. The summed E-state index contributed by atoms with van der Waals surface area (Å²) in [5, 5.41) is 8.28. The summed E-state index contributed by atoms with van der Waals surface area (Å²) in [5.74, 6) is -1.58. The smallest absolute Gasteiger partial charge is 0.378 e. The maximum atomic E-state index is 14.7. The van der Waals surface area contributed by atoms with Crippen molar-refractivity contribution in [3.05, 3.63) is 86.1 Å². The van der Waals surface area contributed by atoms with Gasteiger partial charge in [-0.05, 0) is 12.1 Å². The number of ether oxygens (including phenoxy) is 1. The number of pyridine rings is 2. The molecular formula is C26H21F7N6O3. The highest BCUT2D eigenvalue weighted by Crippen LogP contribution is 2.33. The molecule has 1 aliphatic heterocycles. The molecule has 0 spiro atoms. The molecule has 0 atom stereocenters. The third kappa shape index (κ3) is 5.41. The number of alkyl halides is 6. The maximum Gasteiger partial charge on any atom is 0.433 e. The molecule has 0 unspecified atom stereocenters. The Kier molecular flexibility index (Phi) is 7.42. The third-order valence-corrected chi connectivity index (χ3v) is 6.67. The van der Waals surface area contributed by atoms with Gasteiger partial charge in [0.15, 0.2) is 5.82 Å². The summed E-state index contributed by atoms with van der Waals surface area (Å²) in [5.41, 5.74) is -4.87. The SMILES string of the molecule is Cn1nc(NCc2cccc(C(F)(F)F)c2F)c2cn(N3CCOCC3)c(=O)c(-c3ccc(C(F)(F)F)nc3)c2c1=O. The number of benzene rings is 1. The number of rotatable bonds is 5. The van der Waals surface area contributed by atoms with E-state index in [1.54, 1.807) is 5.01 Å². The Balaban J connectivity index is 1.70. The van der Waals surface area contributed by atoms with Crippen molar-refractivity contribution >= 4 is 16.6 Å². The first kappa shape index (κ1) is 29.0. The van der Waals surface area contributed by atoms with Crippen molar-refractivity contribution in [1.29, 1.82) is 0 Å². The molecule has 4 heterocycles. The lowest BCUT2D eigenvalue weighted by atomic mass is 10.0. The van der Waals surface area contributed by atoms with Crippen molar-refractivity contribution in [1.82, 2.24) is 19.4 Å². The number of halogens is 7. The van der Waals surface area contributed by atoms with Crippen LogP contribution in [0.1, 0.15) is 16.8 Å². The van der Waals surface area contributed by atoms with E-state index in [9.17, 15) is 40.3 Å². The van der Waals surface area contributed by atoms with Crippen molar-refractivity contribution < 1.29 is 35.5 Å². The van der Waals surface area contributed by atoms with Crippen molar-refractivity contribution in [2.45, 2.75) is 18.9 Å². The molecule has 0 radical (unpaired) electrons. The summed E-state index contributed by atoms with van der Waals surface area (Å²) in [6.07, 6.45) is -7.56. The van der Waals surface area contributed by atoms with E-state index in [1.807, 2.05) is 0 Å². The predicted molar refractivity (Wildman–Crippen MR) is 137 cm³/mol. The second-order valence-corrected chi connectivity index (χ2v) is 9.35. The van der Waals surface area contributed by atoms with Crippen LogP contribution in [0, 0.1) is 5.82 Å². The predicted octanol–water partition coefficient (Wildman–Crippen LogP) is 3.91. The lowest BCUT2D eigenvalue weighted by molar-refractivity contribution is -0.141. The van der Waals surface area contributed by atoms with Gasteiger partial charge in [-0.15, -0.1) is 0 Å². The first-order chi connectivity index (χ1) is 19.8. The largest absolute Gasteiger partial charge is 0.433 e. The molecule has 222 valence electrons. The fourth-order valence-corrected chi connectivity index (χ4v) is 4.62. The van der Waals surface area contributed by atoms with Crippen molar-refractivity contribution in [3.8, 4) is 11.1 Å². The van der Waals surface area contributed by atoms with E-state index >= 15 is 0 Å². The van der Waals surface area contributed by atoms with Crippen LogP contribution in [0.25, 0.3) is 21.9 Å². The first-order valence-corrected chi connectivity index (χ1v) is 12.4. The highest BCUT2D eigenvalue weighted by molar-refractivity contribution is 6.00. The van der Waals surface area contributed by atoms with Gasteiger partial charge in [0.05, 0.1) is 48.2 Å². The zero-order chi connectivity index (χ0) is 30.4. The Labute approximate surface area is 231 Å². The molecule has 1 aliphatic rings. The molecule has 1 N–H and O–H groups in total. The number of nitrogens with one attached hydrogen (secondary N) is 1. The first-order valence-electron chi connectivity index (χ1n) is 12.4. The summed E-state index contributed by atoms with van der Waals surface area (Å²) < 4.78 is 101. The van der Waals surface area contributed by atoms with Gasteiger partial charge >= 0.3 is 12.4 Å². The summed E-state index contributed by atoms with van der Waals surface area (Å²) in [6, 6.07) is 4.48. The van der Waals surface area contributed by atoms with Gasteiger partial charge in [-0.25, -0.2) is 13.7 Å². The monoisotopic (exact) mass is 598 g/mol. The van der Waals surface area contributed by atoms with Crippen LogP contribution in [0.5, 0.6) is 0 Å². The highest BCUT2D eigenvalue weighted by atomic mass is 19.4. The molecule has 42 heavy (non-hydrogen) atoms. The summed E-state index contributed by atoms with van der Waals surface area (Å²) in [7, 11) is 1.25. The standard InChI is InChI=1S/C26H21F7N6O3/c1-37-23(40)20-16(22(36-37)35-12-15-3-2-4-17(21(15)27)25(28,29)30)13-39(38-7-9-42-10-8-38)24(41)19(20)14-5-6-18(34-11-14)26(31,32)33/h2-6,11,13H,7-10,12H2,1H3,(H,35,36). The molecule has 0 aliphatic carbocycles. The van der Waals surface area contributed by atoms with Crippen molar-refractivity contribution in [2.24, 2.45) is 7.05 Å². The van der Waals surface area contributed by atoms with Gasteiger partial charge in [-0.2, -0.15) is 31.4 Å². The molecule has 16 heteroatoms. The number of hydrogen-bond donors (Lipinski definition) is 1. The quantitative estimate of drug-likeness (QED) is 0.348. The molecule has 1 fully saturated rings. The number of aryl methyl sites for hydroxylation is 1. The molecule has 0 amide bonds. The average Bonchev–Trinajstić information content (AvgIpc) is 2.94. The molecule has 4 aromatic rings. The Bertz CT molecular complexity index is 1760. The third-order valence-electron chi connectivity index (χ3n) is 6.67. The molecule has 1 aromatic carbocycles. The Hall–Kier alpha value is -4.47. The van der Waals surface area contributed by atoms with E-state index in [0.717, 1.165) is 29.1 Å². The van der Waals surface area contributed by atoms with Gasteiger partial charge in [0, 0.05) is 37.1 Å². The van der Waals surface area contributed by atoms with Crippen LogP contribution in [-0.4, -0.2) is 45.7 Å². The van der Waals surface area contributed by atoms with E-state index in [1.165, 1.54) is 17.9 Å². The average molecular weight is 598 g/mol. The van der Waals surface area contributed by atoms with Gasteiger partial charge in [0.2, 0.25) is 0 Å². The summed E-state index contributed by atoms with van der Waals surface area (Å²) in [4.78, 5) is 30.5. The van der Waals surface area contributed by atoms with E-state index in [0.29, 0.717) is 12.1 Å². The zero-order valence-electron chi connectivity index (χ0n) is 21.7. The number of nitrogens with zero attached hydrogens (tertiary/aromatic N) is 5. The summed E-state index contributed by atoms with van der Waals surface area (Å²) in [6.45, 7) is 0.551. The molecule has 5 rings (SSSR count). The lowest BCUT2D eigenvalue weighted by Gasteiger charge is -2.31. The number of anilines is 1. The molecule has 3 aromatic heterocycles. The van der Waals surface area contributed by atoms with Gasteiger partial charge < -0.3 is 15.1 Å².